The van der Waals surface area contributed by atoms with Gasteiger partial charge in [-0.2, -0.15) is 0 Å². The molecule has 0 aromatic heterocycles. The first-order valence-electron chi connectivity index (χ1n) is 22.5. The van der Waals surface area contributed by atoms with E-state index in [1.54, 1.807) is 5.56 Å². The number of hydrogen-bond acceptors (Lipinski definition) is 1. The normalized spacial score (nSPS) is 16.0. The minimum absolute atomic E-state index is 0.106. The van der Waals surface area contributed by atoms with Gasteiger partial charge in [-0.25, -0.2) is 0 Å². The number of fused-ring (bicyclic) bond motifs is 4. The van der Waals surface area contributed by atoms with Gasteiger partial charge in [0.05, 0.1) is 5.69 Å². The highest BCUT2D eigenvalue weighted by Gasteiger charge is 2.39. The van der Waals surface area contributed by atoms with E-state index in [2.05, 4.69) is 195 Å². The number of rotatable bonds is 8. The average molecular weight is 776 g/mol. The molecule has 0 amide bonds. The number of hydrogen-bond donors (Lipinski definition) is 0. The predicted octanol–water partition coefficient (Wildman–Crippen LogP) is 16.9. The minimum atomic E-state index is -0.106. The Balaban J connectivity index is 1.09. The van der Waals surface area contributed by atoms with Crippen LogP contribution in [0.15, 0.2) is 176 Å². The Morgan fingerprint density at radius 3 is 1.70 bits per heavy atom. The monoisotopic (exact) mass is 775 g/mol. The summed E-state index contributed by atoms with van der Waals surface area (Å²) in [6.45, 7) is 4.87. The van der Waals surface area contributed by atoms with Crippen molar-refractivity contribution < 1.29 is 0 Å². The molecule has 0 saturated heterocycles. The van der Waals surface area contributed by atoms with Crippen molar-refractivity contribution in [2.75, 3.05) is 4.90 Å². The van der Waals surface area contributed by atoms with Crippen LogP contribution in [0, 0.1) is 0 Å². The van der Waals surface area contributed by atoms with E-state index in [4.69, 9.17) is 0 Å². The quantitative estimate of drug-likeness (QED) is 0.149. The number of benzene rings is 8. The SMILES string of the molecule is CC1(C)c2cc(N(c3ccc(-c4c(C5CCCC5)ccc5cccc(-c6ccccc6)c45)cc3)c3ccccc3-c3ccccc3)ccc2-c2c(C3CCCC3)cccc21. The average Bonchev–Trinajstić information content (AvgIpc) is 4.09. The topological polar surface area (TPSA) is 3.24 Å². The second-order valence-corrected chi connectivity index (χ2v) is 18.2. The lowest BCUT2D eigenvalue weighted by Crippen LogP contribution is -2.17. The van der Waals surface area contributed by atoms with Crippen LogP contribution in [0.3, 0.4) is 0 Å². The molecule has 1 heteroatoms. The van der Waals surface area contributed by atoms with Crippen LogP contribution in [0.2, 0.25) is 0 Å². The van der Waals surface area contributed by atoms with Gasteiger partial charge in [-0.3, -0.25) is 0 Å². The van der Waals surface area contributed by atoms with Crippen LogP contribution in [-0.4, -0.2) is 0 Å². The molecule has 0 radical (unpaired) electrons. The molecule has 0 aliphatic heterocycles. The van der Waals surface area contributed by atoms with Crippen molar-refractivity contribution >= 4 is 27.8 Å². The molecule has 60 heavy (non-hydrogen) atoms. The fourth-order valence-corrected chi connectivity index (χ4v) is 11.4. The summed E-state index contributed by atoms with van der Waals surface area (Å²) >= 11 is 0. The fourth-order valence-electron chi connectivity index (χ4n) is 11.4. The fraction of sp³-hybridized carbons (Fsp3) is 0.220. The van der Waals surface area contributed by atoms with Crippen molar-refractivity contribution in [3.05, 3.63) is 198 Å². The molecule has 0 bridgehead atoms. The second-order valence-electron chi connectivity index (χ2n) is 18.2. The van der Waals surface area contributed by atoms with Crippen molar-refractivity contribution in [2.45, 2.75) is 82.5 Å². The van der Waals surface area contributed by atoms with E-state index in [1.807, 2.05) is 0 Å². The summed E-state index contributed by atoms with van der Waals surface area (Å²) in [5.74, 6) is 1.24. The van der Waals surface area contributed by atoms with Crippen LogP contribution in [-0.2, 0) is 5.41 Å². The molecule has 0 atom stereocenters. The standard InChI is InChI=1S/C59H53N/c1-59(2)53-29-16-28-50(42-21-9-10-22-42)58(53)52-38-36-47(39-54(52)59)60(55-30-14-13-26-48(55)40-17-5-3-6-18-40)46-34-31-45(32-35-46)57-51(43-23-11-12-24-43)37-33-44-25-15-27-49(56(44)57)41-19-7-4-8-20-41/h3-8,13-20,25-39,42-43H,9-12,21-24H2,1-2H3. The van der Waals surface area contributed by atoms with Crippen LogP contribution in [0.4, 0.5) is 17.1 Å². The Labute approximate surface area is 356 Å². The Kier molecular flexibility index (Phi) is 9.30. The van der Waals surface area contributed by atoms with E-state index in [-0.39, 0.29) is 5.41 Å². The van der Waals surface area contributed by atoms with E-state index in [0.29, 0.717) is 11.8 Å². The van der Waals surface area contributed by atoms with E-state index in [9.17, 15) is 0 Å². The number of nitrogens with zero attached hydrogens (tertiary/aromatic N) is 1. The minimum Gasteiger partial charge on any atom is -0.310 e. The lowest BCUT2D eigenvalue weighted by atomic mass is 9.81. The molecule has 0 spiro atoms. The summed E-state index contributed by atoms with van der Waals surface area (Å²) in [5, 5.41) is 2.66. The van der Waals surface area contributed by atoms with Gasteiger partial charge in [-0.05, 0) is 140 Å². The maximum Gasteiger partial charge on any atom is 0.0540 e. The molecular weight excluding hydrogens is 723 g/mol. The maximum absolute atomic E-state index is 2.51. The molecule has 8 aromatic rings. The van der Waals surface area contributed by atoms with Gasteiger partial charge in [0.1, 0.15) is 0 Å². The largest absolute Gasteiger partial charge is 0.310 e. The Morgan fingerprint density at radius 2 is 1.00 bits per heavy atom. The molecule has 294 valence electrons. The van der Waals surface area contributed by atoms with Crippen molar-refractivity contribution in [1.29, 1.82) is 0 Å². The van der Waals surface area contributed by atoms with Crippen molar-refractivity contribution in [3.8, 4) is 44.5 Å². The van der Waals surface area contributed by atoms with E-state index < -0.39 is 0 Å². The summed E-state index contributed by atoms with van der Waals surface area (Å²) in [4.78, 5) is 2.51. The highest BCUT2D eigenvalue weighted by molar-refractivity contribution is 6.08. The molecular formula is C59H53N. The smallest absolute Gasteiger partial charge is 0.0540 e. The zero-order valence-corrected chi connectivity index (χ0v) is 35.0. The van der Waals surface area contributed by atoms with Gasteiger partial charge >= 0.3 is 0 Å². The highest BCUT2D eigenvalue weighted by Crippen LogP contribution is 2.55. The molecule has 3 aliphatic rings. The molecule has 8 aromatic carbocycles. The molecule has 0 heterocycles. The zero-order valence-electron chi connectivity index (χ0n) is 35.0. The van der Waals surface area contributed by atoms with Gasteiger partial charge in [-0.15, -0.1) is 0 Å². The van der Waals surface area contributed by atoms with E-state index in [0.717, 1.165) is 5.69 Å². The van der Waals surface area contributed by atoms with Gasteiger partial charge in [0.15, 0.2) is 0 Å². The van der Waals surface area contributed by atoms with Crippen molar-refractivity contribution in [2.24, 2.45) is 0 Å². The molecule has 11 rings (SSSR count). The van der Waals surface area contributed by atoms with E-state index >= 15 is 0 Å². The van der Waals surface area contributed by atoms with Crippen LogP contribution >= 0.6 is 0 Å². The number of anilines is 3. The third kappa shape index (κ3) is 6.21. The van der Waals surface area contributed by atoms with Crippen molar-refractivity contribution in [3.63, 3.8) is 0 Å². The maximum atomic E-state index is 2.51. The van der Waals surface area contributed by atoms with Gasteiger partial charge < -0.3 is 4.90 Å². The molecule has 0 N–H and O–H groups in total. The van der Waals surface area contributed by atoms with E-state index in [1.165, 1.54) is 135 Å². The van der Waals surface area contributed by atoms with Crippen LogP contribution < -0.4 is 4.90 Å². The summed E-state index contributed by atoms with van der Waals surface area (Å²) in [7, 11) is 0. The van der Waals surface area contributed by atoms with Gasteiger partial charge in [0, 0.05) is 22.4 Å². The summed E-state index contributed by atoms with van der Waals surface area (Å²) < 4.78 is 0. The lowest BCUT2D eigenvalue weighted by Gasteiger charge is -2.30. The summed E-state index contributed by atoms with van der Waals surface area (Å²) in [6.07, 6.45) is 10.4. The van der Waals surface area contributed by atoms with Crippen LogP contribution in [0.5, 0.6) is 0 Å². The zero-order chi connectivity index (χ0) is 40.2. The predicted molar refractivity (Wildman–Crippen MR) is 255 cm³/mol. The molecule has 3 aliphatic carbocycles. The summed E-state index contributed by atoms with van der Waals surface area (Å²) in [6, 6.07) is 66.5. The third-order valence-corrected chi connectivity index (χ3v) is 14.4. The third-order valence-electron chi connectivity index (χ3n) is 14.4. The van der Waals surface area contributed by atoms with Crippen LogP contribution in [0.25, 0.3) is 55.3 Å². The lowest BCUT2D eigenvalue weighted by molar-refractivity contribution is 0.657. The molecule has 1 nitrogen and oxygen atoms in total. The Hall–Kier alpha value is -6.18. The highest BCUT2D eigenvalue weighted by atomic mass is 15.1. The first-order chi connectivity index (χ1) is 29.5. The summed E-state index contributed by atoms with van der Waals surface area (Å²) in [5.41, 5.74) is 20.0. The molecule has 2 fully saturated rings. The van der Waals surface area contributed by atoms with Crippen molar-refractivity contribution in [1.82, 2.24) is 0 Å². The first kappa shape index (κ1) is 36.9. The first-order valence-corrected chi connectivity index (χ1v) is 22.5. The molecule has 0 unspecified atom stereocenters. The molecule has 2 saturated carbocycles. The second kappa shape index (κ2) is 15.1. The van der Waals surface area contributed by atoms with Gasteiger partial charge in [0.2, 0.25) is 0 Å². The van der Waals surface area contributed by atoms with Gasteiger partial charge in [-0.1, -0.05) is 185 Å². The van der Waals surface area contributed by atoms with Gasteiger partial charge in [0.25, 0.3) is 0 Å². The Bertz CT molecular complexity index is 2840. The van der Waals surface area contributed by atoms with Crippen LogP contribution in [0.1, 0.15) is 99.3 Å². The number of para-hydroxylation sites is 1. The Morgan fingerprint density at radius 1 is 0.417 bits per heavy atom.